The van der Waals surface area contributed by atoms with Crippen LogP contribution in [-0.2, 0) is 0 Å². The van der Waals surface area contributed by atoms with Gasteiger partial charge in [0.15, 0.2) is 0 Å². The quantitative estimate of drug-likeness (QED) is 0.721. The summed E-state index contributed by atoms with van der Waals surface area (Å²) in [4.78, 5) is 18.1. The number of rotatable bonds is 1. The van der Waals surface area contributed by atoms with Gasteiger partial charge < -0.3 is 10.7 Å². The van der Waals surface area contributed by atoms with Crippen molar-refractivity contribution in [3.05, 3.63) is 27.4 Å². The lowest BCUT2D eigenvalue weighted by Crippen LogP contribution is -2.27. The minimum atomic E-state index is -0.257. The standard InChI is InChI=1S/C11H17N3O/c1-6-7(2)13-11(15)14-10(6)8-4-3-5-9(8)12/h8-9H,3-5,12H2,1-2H3,(H,13,14,15). The summed E-state index contributed by atoms with van der Waals surface area (Å²) in [5, 5.41) is 0. The second kappa shape index (κ2) is 3.77. The monoisotopic (exact) mass is 207 g/mol. The zero-order valence-corrected chi connectivity index (χ0v) is 9.21. The number of nitrogens with two attached hydrogens (primary N) is 1. The first-order valence-electron chi connectivity index (χ1n) is 5.42. The van der Waals surface area contributed by atoms with E-state index in [0.29, 0.717) is 0 Å². The lowest BCUT2D eigenvalue weighted by molar-refractivity contribution is 0.589. The molecule has 1 saturated carbocycles. The number of aryl methyl sites for hydroxylation is 1. The average Bonchev–Trinajstić information content (AvgIpc) is 2.58. The second-order valence-electron chi connectivity index (χ2n) is 4.38. The van der Waals surface area contributed by atoms with Crippen molar-refractivity contribution < 1.29 is 0 Å². The minimum Gasteiger partial charge on any atom is -0.327 e. The molecule has 0 aromatic carbocycles. The van der Waals surface area contributed by atoms with E-state index in [4.69, 9.17) is 5.73 Å². The Morgan fingerprint density at radius 1 is 1.40 bits per heavy atom. The molecule has 15 heavy (non-hydrogen) atoms. The molecule has 1 fully saturated rings. The first-order chi connectivity index (χ1) is 7.09. The van der Waals surface area contributed by atoms with Crippen LogP contribution in [0.2, 0.25) is 0 Å². The van der Waals surface area contributed by atoms with Gasteiger partial charge in [-0.25, -0.2) is 4.79 Å². The third kappa shape index (κ3) is 1.81. The summed E-state index contributed by atoms with van der Waals surface area (Å²) < 4.78 is 0. The van der Waals surface area contributed by atoms with Crippen LogP contribution in [0.4, 0.5) is 0 Å². The molecule has 1 aliphatic rings. The molecule has 0 amide bonds. The maximum absolute atomic E-state index is 11.3. The van der Waals surface area contributed by atoms with Crippen molar-refractivity contribution in [2.45, 2.75) is 45.1 Å². The van der Waals surface area contributed by atoms with Crippen LogP contribution in [0.3, 0.4) is 0 Å². The van der Waals surface area contributed by atoms with E-state index in [0.717, 1.165) is 36.2 Å². The molecular weight excluding hydrogens is 190 g/mol. The zero-order chi connectivity index (χ0) is 11.0. The molecule has 2 rings (SSSR count). The van der Waals surface area contributed by atoms with Crippen molar-refractivity contribution in [3.63, 3.8) is 0 Å². The number of nitrogens with one attached hydrogen (secondary N) is 1. The first kappa shape index (κ1) is 10.4. The Hall–Kier alpha value is -1.16. The Labute approximate surface area is 88.9 Å². The van der Waals surface area contributed by atoms with Crippen LogP contribution in [0, 0.1) is 13.8 Å². The predicted molar refractivity (Wildman–Crippen MR) is 58.9 cm³/mol. The molecule has 1 heterocycles. The third-order valence-electron chi connectivity index (χ3n) is 3.38. The molecule has 1 aromatic rings. The molecular formula is C11H17N3O. The largest absolute Gasteiger partial charge is 0.345 e. The average molecular weight is 207 g/mol. The lowest BCUT2D eigenvalue weighted by Gasteiger charge is -2.17. The normalized spacial score (nSPS) is 25.8. The molecule has 4 nitrogen and oxygen atoms in total. The Kier molecular flexibility index (Phi) is 2.61. The fourth-order valence-corrected chi connectivity index (χ4v) is 2.36. The maximum Gasteiger partial charge on any atom is 0.345 e. The molecule has 1 aromatic heterocycles. The number of hydrogen-bond donors (Lipinski definition) is 2. The minimum absolute atomic E-state index is 0.164. The van der Waals surface area contributed by atoms with Gasteiger partial charge in [-0.3, -0.25) is 0 Å². The van der Waals surface area contributed by atoms with Gasteiger partial charge in [-0.1, -0.05) is 6.42 Å². The number of nitrogens with zero attached hydrogens (tertiary/aromatic N) is 1. The van der Waals surface area contributed by atoms with Crippen molar-refractivity contribution in [1.29, 1.82) is 0 Å². The van der Waals surface area contributed by atoms with E-state index in [1.165, 1.54) is 0 Å². The Balaban J connectivity index is 2.47. The summed E-state index contributed by atoms with van der Waals surface area (Å²) in [6.07, 6.45) is 3.23. The summed E-state index contributed by atoms with van der Waals surface area (Å²) >= 11 is 0. The van der Waals surface area contributed by atoms with Gasteiger partial charge in [-0.15, -0.1) is 0 Å². The van der Waals surface area contributed by atoms with Gasteiger partial charge in [0.2, 0.25) is 0 Å². The van der Waals surface area contributed by atoms with Gasteiger partial charge in [-0.05, 0) is 32.3 Å². The molecule has 0 saturated heterocycles. The molecule has 0 aliphatic heterocycles. The fourth-order valence-electron chi connectivity index (χ4n) is 2.36. The number of hydrogen-bond acceptors (Lipinski definition) is 3. The van der Waals surface area contributed by atoms with Crippen LogP contribution in [0.1, 0.15) is 42.1 Å². The molecule has 0 bridgehead atoms. The summed E-state index contributed by atoms with van der Waals surface area (Å²) in [7, 11) is 0. The second-order valence-corrected chi connectivity index (χ2v) is 4.38. The predicted octanol–water partition coefficient (Wildman–Crippen LogP) is 0.982. The van der Waals surface area contributed by atoms with E-state index in [2.05, 4.69) is 9.97 Å². The van der Waals surface area contributed by atoms with Gasteiger partial charge in [0.1, 0.15) is 0 Å². The Bertz CT molecular complexity index is 424. The van der Waals surface area contributed by atoms with Gasteiger partial charge in [0.05, 0.1) is 5.69 Å². The molecule has 3 N–H and O–H groups in total. The van der Waals surface area contributed by atoms with Gasteiger partial charge >= 0.3 is 5.69 Å². The van der Waals surface area contributed by atoms with E-state index in [-0.39, 0.29) is 17.6 Å². The van der Waals surface area contributed by atoms with E-state index >= 15 is 0 Å². The highest BCUT2D eigenvalue weighted by Crippen LogP contribution is 2.33. The molecule has 82 valence electrons. The molecule has 2 unspecified atom stereocenters. The fraction of sp³-hybridized carbons (Fsp3) is 0.636. The third-order valence-corrected chi connectivity index (χ3v) is 3.38. The summed E-state index contributed by atoms with van der Waals surface area (Å²) in [5.74, 6) is 0.269. The highest BCUT2D eigenvalue weighted by atomic mass is 16.1. The Morgan fingerprint density at radius 3 is 2.73 bits per heavy atom. The van der Waals surface area contributed by atoms with Crippen LogP contribution in [0.5, 0.6) is 0 Å². The van der Waals surface area contributed by atoms with Crippen molar-refractivity contribution in [2.75, 3.05) is 0 Å². The van der Waals surface area contributed by atoms with Crippen molar-refractivity contribution in [2.24, 2.45) is 5.73 Å². The number of aromatic amines is 1. The zero-order valence-electron chi connectivity index (χ0n) is 9.21. The van der Waals surface area contributed by atoms with Crippen LogP contribution in [0.15, 0.2) is 4.79 Å². The first-order valence-corrected chi connectivity index (χ1v) is 5.42. The highest BCUT2D eigenvalue weighted by molar-refractivity contribution is 5.26. The SMILES string of the molecule is Cc1[nH]c(=O)nc(C2CCCC2N)c1C. The number of H-pyrrole nitrogens is 1. The van der Waals surface area contributed by atoms with Crippen molar-refractivity contribution >= 4 is 0 Å². The summed E-state index contributed by atoms with van der Waals surface area (Å²) in [5.41, 5.74) is 8.66. The van der Waals surface area contributed by atoms with Gasteiger partial charge in [0, 0.05) is 17.7 Å². The van der Waals surface area contributed by atoms with Crippen molar-refractivity contribution in [1.82, 2.24) is 9.97 Å². The van der Waals surface area contributed by atoms with Gasteiger partial charge in [-0.2, -0.15) is 4.98 Å². The summed E-state index contributed by atoms with van der Waals surface area (Å²) in [6, 6.07) is 0.164. The van der Waals surface area contributed by atoms with Crippen LogP contribution >= 0.6 is 0 Å². The Morgan fingerprint density at radius 2 is 2.13 bits per heavy atom. The molecule has 1 aliphatic carbocycles. The smallest absolute Gasteiger partial charge is 0.327 e. The van der Waals surface area contributed by atoms with E-state index in [1.807, 2.05) is 13.8 Å². The van der Waals surface area contributed by atoms with Crippen molar-refractivity contribution in [3.8, 4) is 0 Å². The molecule has 4 heteroatoms. The van der Waals surface area contributed by atoms with Crippen LogP contribution in [-0.4, -0.2) is 16.0 Å². The molecule has 2 atom stereocenters. The molecule has 0 radical (unpaired) electrons. The molecule has 0 spiro atoms. The van der Waals surface area contributed by atoms with Crippen LogP contribution < -0.4 is 11.4 Å². The van der Waals surface area contributed by atoms with E-state index in [9.17, 15) is 4.79 Å². The number of aromatic nitrogens is 2. The summed E-state index contributed by atoms with van der Waals surface area (Å²) in [6.45, 7) is 3.90. The highest BCUT2D eigenvalue weighted by Gasteiger charge is 2.28. The van der Waals surface area contributed by atoms with E-state index < -0.39 is 0 Å². The van der Waals surface area contributed by atoms with Gasteiger partial charge in [0.25, 0.3) is 0 Å². The van der Waals surface area contributed by atoms with Crippen LogP contribution in [0.25, 0.3) is 0 Å². The maximum atomic E-state index is 11.3. The lowest BCUT2D eigenvalue weighted by atomic mass is 9.96. The van der Waals surface area contributed by atoms with E-state index in [1.54, 1.807) is 0 Å². The topological polar surface area (TPSA) is 71.8 Å².